The summed E-state index contributed by atoms with van der Waals surface area (Å²) in [5.74, 6) is 1.82. The molecule has 2 aromatic rings. The number of rotatable bonds is 6. The topological polar surface area (TPSA) is 49.3 Å². The number of hydrogen-bond donors (Lipinski definition) is 2. The van der Waals surface area contributed by atoms with E-state index in [0.29, 0.717) is 6.54 Å². The monoisotopic (exact) mass is 462 g/mol. The third-order valence-electron chi connectivity index (χ3n) is 2.98. The van der Waals surface area contributed by atoms with Crippen LogP contribution in [0.1, 0.15) is 15.4 Å². The minimum absolute atomic E-state index is 0. The second-order valence-electron chi connectivity index (χ2n) is 4.88. The van der Waals surface area contributed by atoms with Gasteiger partial charge in [-0.25, -0.2) is 4.98 Å². The number of nitrogens with zero attached hydrogens (tertiary/aromatic N) is 2. The standard InChI is InChI=1S/C16H22N4S2.HI/c1-12-4-6-14(7-5-12)21-9-8-18-16(17-3)20-11-15-19-10-13(2)22-15;/h4-7,10H,8-9,11H2,1-3H3,(H2,17,18,20);1H. The molecule has 0 radical (unpaired) electrons. The van der Waals surface area contributed by atoms with Gasteiger partial charge in [-0.3, -0.25) is 4.99 Å². The van der Waals surface area contributed by atoms with Gasteiger partial charge in [0.1, 0.15) is 5.01 Å². The lowest BCUT2D eigenvalue weighted by Crippen LogP contribution is -2.37. The molecule has 7 heteroatoms. The number of benzene rings is 1. The second kappa shape index (κ2) is 10.9. The lowest BCUT2D eigenvalue weighted by molar-refractivity contribution is 0.827. The van der Waals surface area contributed by atoms with E-state index in [9.17, 15) is 0 Å². The zero-order valence-electron chi connectivity index (χ0n) is 13.6. The van der Waals surface area contributed by atoms with Crippen molar-refractivity contribution in [2.24, 2.45) is 4.99 Å². The van der Waals surface area contributed by atoms with Gasteiger partial charge in [-0.2, -0.15) is 0 Å². The van der Waals surface area contributed by atoms with E-state index in [0.717, 1.165) is 23.3 Å². The smallest absolute Gasteiger partial charge is 0.191 e. The van der Waals surface area contributed by atoms with Crippen molar-refractivity contribution in [3.8, 4) is 0 Å². The molecule has 1 heterocycles. The lowest BCUT2D eigenvalue weighted by Gasteiger charge is -2.10. The quantitative estimate of drug-likeness (QED) is 0.225. The largest absolute Gasteiger partial charge is 0.356 e. The van der Waals surface area contributed by atoms with Gasteiger partial charge in [0.25, 0.3) is 0 Å². The van der Waals surface area contributed by atoms with Gasteiger partial charge >= 0.3 is 0 Å². The first kappa shape index (κ1) is 20.2. The second-order valence-corrected chi connectivity index (χ2v) is 7.37. The van der Waals surface area contributed by atoms with Gasteiger partial charge in [0, 0.05) is 35.3 Å². The summed E-state index contributed by atoms with van der Waals surface area (Å²) in [6.07, 6.45) is 1.90. The fourth-order valence-electron chi connectivity index (χ4n) is 1.84. The molecule has 0 atom stereocenters. The number of aryl methyl sites for hydroxylation is 2. The first-order valence-corrected chi connectivity index (χ1v) is 9.03. The number of thioether (sulfide) groups is 1. The van der Waals surface area contributed by atoms with Gasteiger partial charge in [0.2, 0.25) is 0 Å². The molecule has 126 valence electrons. The highest BCUT2D eigenvalue weighted by Gasteiger charge is 2.01. The summed E-state index contributed by atoms with van der Waals surface area (Å²) in [6, 6.07) is 8.62. The zero-order chi connectivity index (χ0) is 15.8. The Kier molecular flexibility index (Phi) is 9.57. The van der Waals surface area contributed by atoms with Crippen LogP contribution in [0, 0.1) is 13.8 Å². The molecule has 4 nitrogen and oxygen atoms in total. The summed E-state index contributed by atoms with van der Waals surface area (Å²) in [5, 5.41) is 7.68. The fourth-order valence-corrected chi connectivity index (χ4v) is 3.33. The summed E-state index contributed by atoms with van der Waals surface area (Å²) < 4.78 is 0. The molecule has 0 bridgehead atoms. The van der Waals surface area contributed by atoms with E-state index in [1.165, 1.54) is 15.3 Å². The Hall–Kier alpha value is -0.800. The molecule has 23 heavy (non-hydrogen) atoms. The molecular weight excluding hydrogens is 439 g/mol. The van der Waals surface area contributed by atoms with Crippen molar-refractivity contribution in [1.82, 2.24) is 15.6 Å². The Morgan fingerprint density at radius 2 is 1.96 bits per heavy atom. The molecule has 0 saturated heterocycles. The maximum absolute atomic E-state index is 4.33. The van der Waals surface area contributed by atoms with Gasteiger partial charge in [-0.05, 0) is 26.0 Å². The number of hydrogen-bond acceptors (Lipinski definition) is 4. The van der Waals surface area contributed by atoms with Crippen LogP contribution in [-0.4, -0.2) is 30.3 Å². The van der Waals surface area contributed by atoms with Gasteiger partial charge in [-0.15, -0.1) is 47.1 Å². The minimum Gasteiger partial charge on any atom is -0.356 e. The summed E-state index contributed by atoms with van der Waals surface area (Å²) in [5.41, 5.74) is 1.30. The molecule has 1 aromatic heterocycles. The van der Waals surface area contributed by atoms with Crippen molar-refractivity contribution in [2.75, 3.05) is 19.3 Å². The first-order chi connectivity index (χ1) is 10.7. The zero-order valence-corrected chi connectivity index (χ0v) is 17.6. The van der Waals surface area contributed by atoms with Crippen LogP contribution in [0.5, 0.6) is 0 Å². The molecule has 0 aliphatic carbocycles. The normalized spacial score (nSPS) is 11.0. The number of aliphatic imine (C=N–C) groups is 1. The molecule has 1 aromatic carbocycles. The van der Waals surface area contributed by atoms with Crippen molar-refractivity contribution in [3.63, 3.8) is 0 Å². The third kappa shape index (κ3) is 7.54. The van der Waals surface area contributed by atoms with E-state index in [1.807, 2.05) is 18.0 Å². The highest BCUT2D eigenvalue weighted by atomic mass is 127. The van der Waals surface area contributed by atoms with E-state index in [4.69, 9.17) is 0 Å². The first-order valence-electron chi connectivity index (χ1n) is 7.22. The molecule has 2 N–H and O–H groups in total. The highest BCUT2D eigenvalue weighted by molar-refractivity contribution is 14.0. The number of nitrogens with one attached hydrogen (secondary N) is 2. The van der Waals surface area contributed by atoms with E-state index in [1.54, 1.807) is 18.4 Å². The van der Waals surface area contributed by atoms with Crippen LogP contribution < -0.4 is 10.6 Å². The maximum atomic E-state index is 4.33. The van der Waals surface area contributed by atoms with Crippen LogP contribution in [0.2, 0.25) is 0 Å². The Balaban J connectivity index is 0.00000264. The molecule has 0 amide bonds. The summed E-state index contributed by atoms with van der Waals surface area (Å²) in [6.45, 7) is 5.75. The highest BCUT2D eigenvalue weighted by Crippen LogP contribution is 2.17. The van der Waals surface area contributed by atoms with Crippen molar-refractivity contribution >= 4 is 53.0 Å². The van der Waals surface area contributed by atoms with Crippen LogP contribution in [0.15, 0.2) is 40.4 Å². The van der Waals surface area contributed by atoms with Gasteiger partial charge < -0.3 is 10.6 Å². The van der Waals surface area contributed by atoms with E-state index in [2.05, 4.69) is 58.7 Å². The molecule has 0 aliphatic heterocycles. The van der Waals surface area contributed by atoms with Gasteiger partial charge in [0.05, 0.1) is 6.54 Å². The van der Waals surface area contributed by atoms with Gasteiger partial charge in [-0.1, -0.05) is 17.7 Å². The molecule has 2 rings (SSSR count). The summed E-state index contributed by atoms with van der Waals surface area (Å²) in [4.78, 5) is 11.1. The number of aromatic nitrogens is 1. The Bertz CT molecular complexity index is 611. The van der Waals surface area contributed by atoms with Crippen molar-refractivity contribution in [3.05, 3.63) is 45.9 Å². The predicted octanol–water partition coefficient (Wildman–Crippen LogP) is 3.84. The molecule has 0 aliphatic rings. The number of halogens is 1. The van der Waals surface area contributed by atoms with E-state index < -0.39 is 0 Å². The van der Waals surface area contributed by atoms with E-state index >= 15 is 0 Å². The molecule has 0 spiro atoms. The van der Waals surface area contributed by atoms with Crippen molar-refractivity contribution < 1.29 is 0 Å². The molecule has 0 fully saturated rings. The van der Waals surface area contributed by atoms with E-state index in [-0.39, 0.29) is 24.0 Å². The minimum atomic E-state index is 0. The van der Waals surface area contributed by atoms with Crippen molar-refractivity contribution in [1.29, 1.82) is 0 Å². The SMILES string of the molecule is CN=C(NCCSc1ccc(C)cc1)NCc1ncc(C)s1.I. The number of thiazole rings is 1. The average Bonchev–Trinajstić information content (AvgIpc) is 2.94. The van der Waals surface area contributed by atoms with Crippen LogP contribution in [0.25, 0.3) is 0 Å². The summed E-state index contributed by atoms with van der Waals surface area (Å²) >= 11 is 3.55. The Morgan fingerprint density at radius 1 is 1.22 bits per heavy atom. The van der Waals surface area contributed by atoms with Crippen LogP contribution >= 0.6 is 47.1 Å². The lowest BCUT2D eigenvalue weighted by atomic mass is 10.2. The Morgan fingerprint density at radius 3 is 2.57 bits per heavy atom. The average molecular weight is 462 g/mol. The molecule has 0 saturated carbocycles. The fraction of sp³-hybridized carbons (Fsp3) is 0.375. The van der Waals surface area contributed by atoms with Gasteiger partial charge in [0.15, 0.2) is 5.96 Å². The predicted molar refractivity (Wildman–Crippen MR) is 112 cm³/mol. The molecular formula is C16H23IN4S2. The maximum Gasteiger partial charge on any atom is 0.191 e. The van der Waals surface area contributed by atoms with Crippen LogP contribution in [0.3, 0.4) is 0 Å². The third-order valence-corrected chi connectivity index (χ3v) is 4.91. The van der Waals surface area contributed by atoms with Crippen LogP contribution in [-0.2, 0) is 6.54 Å². The van der Waals surface area contributed by atoms with Crippen LogP contribution in [0.4, 0.5) is 0 Å². The van der Waals surface area contributed by atoms with Crippen molar-refractivity contribution in [2.45, 2.75) is 25.3 Å². The molecule has 0 unspecified atom stereocenters. The number of guanidine groups is 1. The Labute approximate surface area is 163 Å². The summed E-state index contributed by atoms with van der Waals surface area (Å²) in [7, 11) is 1.79.